The Bertz CT molecular complexity index is 1140. The molecule has 0 radical (unpaired) electrons. The number of anilines is 2. The topological polar surface area (TPSA) is 69.7 Å². The number of thiophene rings is 1. The second kappa shape index (κ2) is 8.59. The number of carbonyl (C=O) groups is 1. The number of piperazine rings is 1. The molecule has 2 heterocycles. The van der Waals surface area contributed by atoms with Crippen LogP contribution in [-0.2, 0) is 10.0 Å². The average Bonchev–Trinajstić information content (AvgIpc) is 3.26. The van der Waals surface area contributed by atoms with Gasteiger partial charge >= 0.3 is 0 Å². The zero-order chi connectivity index (χ0) is 21.1. The van der Waals surface area contributed by atoms with Gasteiger partial charge in [-0.3, -0.25) is 4.79 Å². The fraction of sp³-hybridized carbons (Fsp3) is 0.227. The van der Waals surface area contributed by atoms with E-state index in [1.807, 2.05) is 55.5 Å². The molecule has 8 heteroatoms. The van der Waals surface area contributed by atoms with Crippen LogP contribution in [-0.4, -0.2) is 44.8 Å². The fourth-order valence-electron chi connectivity index (χ4n) is 3.54. The molecule has 156 valence electrons. The Hall–Kier alpha value is -2.68. The number of rotatable bonds is 5. The van der Waals surface area contributed by atoms with Gasteiger partial charge < -0.3 is 10.2 Å². The summed E-state index contributed by atoms with van der Waals surface area (Å²) >= 11 is 1.14. The molecule has 1 saturated heterocycles. The molecule has 1 aromatic heterocycles. The number of nitrogens with zero attached hydrogens (tertiary/aromatic N) is 2. The molecule has 1 N–H and O–H groups in total. The van der Waals surface area contributed by atoms with Gasteiger partial charge in [-0.1, -0.05) is 30.3 Å². The van der Waals surface area contributed by atoms with Crippen molar-refractivity contribution in [3.8, 4) is 0 Å². The summed E-state index contributed by atoms with van der Waals surface area (Å²) in [4.78, 5) is 15.2. The Morgan fingerprint density at radius 1 is 0.967 bits per heavy atom. The number of benzene rings is 2. The first kappa shape index (κ1) is 20.6. The van der Waals surface area contributed by atoms with Crippen LogP contribution in [0.25, 0.3) is 0 Å². The molecule has 0 aliphatic carbocycles. The van der Waals surface area contributed by atoms with E-state index in [1.54, 1.807) is 11.4 Å². The fourth-order valence-corrected chi connectivity index (χ4v) is 6.26. The maximum absolute atomic E-state index is 13.3. The second-order valence-corrected chi connectivity index (χ2v) is 9.99. The first-order valence-electron chi connectivity index (χ1n) is 9.71. The predicted molar refractivity (Wildman–Crippen MR) is 121 cm³/mol. The summed E-state index contributed by atoms with van der Waals surface area (Å²) in [5.74, 6) is -0.405. The molecule has 1 amide bonds. The highest BCUT2D eigenvalue weighted by Crippen LogP contribution is 2.28. The van der Waals surface area contributed by atoms with Crippen molar-refractivity contribution in [1.82, 2.24) is 4.31 Å². The lowest BCUT2D eigenvalue weighted by Gasteiger charge is -2.35. The molecule has 0 unspecified atom stereocenters. The van der Waals surface area contributed by atoms with Crippen LogP contribution in [0.3, 0.4) is 0 Å². The monoisotopic (exact) mass is 441 g/mol. The molecule has 6 nitrogen and oxygen atoms in total. The van der Waals surface area contributed by atoms with E-state index in [9.17, 15) is 13.2 Å². The van der Waals surface area contributed by atoms with Crippen LogP contribution in [0, 0.1) is 6.92 Å². The summed E-state index contributed by atoms with van der Waals surface area (Å²) < 4.78 is 28.0. The highest BCUT2D eigenvalue weighted by Gasteiger charge is 2.32. The van der Waals surface area contributed by atoms with Crippen LogP contribution in [0.4, 0.5) is 11.4 Å². The van der Waals surface area contributed by atoms with E-state index in [2.05, 4.69) is 10.2 Å². The number of para-hydroxylation sites is 1. The lowest BCUT2D eigenvalue weighted by molar-refractivity contribution is 0.102. The van der Waals surface area contributed by atoms with Crippen LogP contribution in [0.5, 0.6) is 0 Å². The highest BCUT2D eigenvalue weighted by atomic mass is 32.2. The normalized spacial score (nSPS) is 15.2. The van der Waals surface area contributed by atoms with E-state index < -0.39 is 15.9 Å². The minimum absolute atomic E-state index is 0.0748. The van der Waals surface area contributed by atoms with Crippen molar-refractivity contribution in [2.75, 3.05) is 36.4 Å². The Morgan fingerprint density at radius 2 is 1.70 bits per heavy atom. The van der Waals surface area contributed by atoms with Crippen molar-refractivity contribution in [3.05, 3.63) is 76.5 Å². The lowest BCUT2D eigenvalue weighted by Crippen LogP contribution is -2.48. The van der Waals surface area contributed by atoms with Crippen LogP contribution in [0.2, 0.25) is 0 Å². The number of amides is 1. The van der Waals surface area contributed by atoms with Gasteiger partial charge in [0.1, 0.15) is 9.77 Å². The number of aryl methyl sites for hydroxylation is 1. The molecular formula is C22H23N3O3S2. The predicted octanol–water partition coefficient (Wildman–Crippen LogP) is 3.82. The molecule has 1 aliphatic heterocycles. The van der Waals surface area contributed by atoms with E-state index in [0.717, 1.165) is 22.6 Å². The molecule has 0 saturated carbocycles. The summed E-state index contributed by atoms with van der Waals surface area (Å²) in [6.45, 7) is 3.92. The molecular weight excluding hydrogens is 418 g/mol. The molecule has 30 heavy (non-hydrogen) atoms. The van der Waals surface area contributed by atoms with Crippen molar-refractivity contribution in [2.45, 2.75) is 11.8 Å². The van der Waals surface area contributed by atoms with Gasteiger partial charge in [0.25, 0.3) is 5.91 Å². The average molecular weight is 442 g/mol. The molecule has 0 spiro atoms. The summed E-state index contributed by atoms with van der Waals surface area (Å²) in [5.41, 5.74) is 2.75. The summed E-state index contributed by atoms with van der Waals surface area (Å²) in [7, 11) is -3.74. The summed E-state index contributed by atoms with van der Waals surface area (Å²) in [6.07, 6.45) is 0. The standard InChI is InChI=1S/C22H23N3O3S2/c1-17-6-5-7-18(16-17)23-22(26)21-20(10-15-29-21)30(27,28)25-13-11-24(12-14-25)19-8-3-2-4-9-19/h2-10,15-16H,11-14H2,1H3,(H,23,26). The van der Waals surface area contributed by atoms with Gasteiger partial charge in [-0.05, 0) is 48.2 Å². The third-order valence-corrected chi connectivity index (χ3v) is 8.07. The minimum atomic E-state index is -3.74. The van der Waals surface area contributed by atoms with Gasteiger partial charge in [0.2, 0.25) is 10.0 Å². The molecule has 3 aromatic rings. The largest absolute Gasteiger partial charge is 0.369 e. The Kier molecular flexibility index (Phi) is 5.90. The molecule has 0 bridgehead atoms. The van der Waals surface area contributed by atoms with Crippen molar-refractivity contribution >= 4 is 38.6 Å². The second-order valence-electron chi connectivity index (χ2n) is 7.16. The Morgan fingerprint density at radius 3 is 2.40 bits per heavy atom. The highest BCUT2D eigenvalue weighted by molar-refractivity contribution is 7.89. The van der Waals surface area contributed by atoms with Gasteiger partial charge in [0, 0.05) is 37.6 Å². The number of nitrogens with one attached hydrogen (secondary N) is 1. The quantitative estimate of drug-likeness (QED) is 0.654. The van der Waals surface area contributed by atoms with Gasteiger partial charge in [0.15, 0.2) is 0 Å². The van der Waals surface area contributed by atoms with Crippen molar-refractivity contribution in [3.63, 3.8) is 0 Å². The van der Waals surface area contributed by atoms with E-state index in [4.69, 9.17) is 0 Å². The van der Waals surface area contributed by atoms with E-state index in [0.29, 0.717) is 31.9 Å². The van der Waals surface area contributed by atoms with Gasteiger partial charge in [0.05, 0.1) is 0 Å². The van der Waals surface area contributed by atoms with Gasteiger partial charge in [-0.2, -0.15) is 4.31 Å². The van der Waals surface area contributed by atoms with Gasteiger partial charge in [-0.15, -0.1) is 11.3 Å². The van der Waals surface area contributed by atoms with Crippen LogP contribution in [0.1, 0.15) is 15.2 Å². The first-order chi connectivity index (χ1) is 14.4. The number of hydrogen-bond acceptors (Lipinski definition) is 5. The van der Waals surface area contributed by atoms with Crippen LogP contribution >= 0.6 is 11.3 Å². The first-order valence-corrected chi connectivity index (χ1v) is 12.0. The van der Waals surface area contributed by atoms with Crippen LogP contribution < -0.4 is 10.2 Å². The molecule has 4 rings (SSSR count). The van der Waals surface area contributed by atoms with E-state index in [-0.39, 0.29) is 9.77 Å². The maximum atomic E-state index is 13.3. The lowest BCUT2D eigenvalue weighted by atomic mass is 10.2. The smallest absolute Gasteiger partial charge is 0.267 e. The van der Waals surface area contributed by atoms with Crippen molar-refractivity contribution < 1.29 is 13.2 Å². The number of hydrogen-bond donors (Lipinski definition) is 1. The van der Waals surface area contributed by atoms with Crippen molar-refractivity contribution in [2.24, 2.45) is 0 Å². The maximum Gasteiger partial charge on any atom is 0.267 e. The van der Waals surface area contributed by atoms with E-state index >= 15 is 0 Å². The summed E-state index contributed by atoms with van der Waals surface area (Å²) in [6, 6.07) is 18.9. The summed E-state index contributed by atoms with van der Waals surface area (Å²) in [5, 5.41) is 4.46. The molecule has 1 fully saturated rings. The third-order valence-electron chi connectivity index (χ3n) is 5.09. The van der Waals surface area contributed by atoms with Crippen LogP contribution in [0.15, 0.2) is 70.9 Å². The SMILES string of the molecule is Cc1cccc(NC(=O)c2sccc2S(=O)(=O)N2CCN(c3ccccc3)CC2)c1. The third kappa shape index (κ3) is 4.26. The molecule has 0 atom stereocenters. The van der Waals surface area contributed by atoms with Gasteiger partial charge in [-0.25, -0.2) is 8.42 Å². The number of carbonyl (C=O) groups excluding carboxylic acids is 1. The number of sulfonamides is 1. The minimum Gasteiger partial charge on any atom is -0.369 e. The Labute approximate surface area is 180 Å². The molecule has 1 aliphatic rings. The van der Waals surface area contributed by atoms with Crippen molar-refractivity contribution in [1.29, 1.82) is 0 Å². The Balaban J connectivity index is 1.49. The molecule has 2 aromatic carbocycles. The zero-order valence-corrected chi connectivity index (χ0v) is 18.2. The van der Waals surface area contributed by atoms with E-state index in [1.165, 1.54) is 10.4 Å². The zero-order valence-electron chi connectivity index (χ0n) is 16.6.